The number of carbonyl (C=O) groups is 2. The first kappa shape index (κ1) is 23.9. The molecule has 0 radical (unpaired) electrons. The van der Waals surface area contributed by atoms with Gasteiger partial charge in [-0.15, -0.1) is 11.3 Å². The molecule has 4 rings (SSSR count). The Kier molecular flexibility index (Phi) is 8.11. The normalized spacial score (nSPS) is 19.9. The minimum absolute atomic E-state index is 0.0127. The number of anilines is 1. The van der Waals surface area contributed by atoms with Crippen molar-refractivity contribution in [3.63, 3.8) is 0 Å². The van der Waals surface area contributed by atoms with Gasteiger partial charge in [-0.3, -0.25) is 9.69 Å². The molecule has 2 aliphatic rings. The molecule has 1 atom stereocenters. The maximum Gasteiger partial charge on any atom is 0.317 e. The van der Waals surface area contributed by atoms with Gasteiger partial charge in [-0.2, -0.15) is 0 Å². The van der Waals surface area contributed by atoms with Gasteiger partial charge in [0.15, 0.2) is 0 Å². The third-order valence-electron chi connectivity index (χ3n) is 6.47. The van der Waals surface area contributed by atoms with Crippen LogP contribution in [0.1, 0.15) is 30.6 Å². The van der Waals surface area contributed by atoms with Crippen molar-refractivity contribution >= 4 is 40.6 Å². The lowest BCUT2D eigenvalue weighted by molar-refractivity contribution is -0.121. The van der Waals surface area contributed by atoms with E-state index in [4.69, 9.17) is 11.6 Å². The van der Waals surface area contributed by atoms with Crippen molar-refractivity contribution < 1.29 is 14.7 Å². The van der Waals surface area contributed by atoms with Crippen LogP contribution in [0.15, 0.2) is 35.7 Å². The van der Waals surface area contributed by atoms with E-state index >= 15 is 0 Å². The van der Waals surface area contributed by atoms with Crippen LogP contribution >= 0.6 is 22.9 Å². The van der Waals surface area contributed by atoms with Gasteiger partial charge in [0.05, 0.1) is 5.69 Å². The zero-order valence-electron chi connectivity index (χ0n) is 18.6. The van der Waals surface area contributed by atoms with Gasteiger partial charge < -0.3 is 20.6 Å². The molecule has 178 valence electrons. The first-order valence-electron chi connectivity index (χ1n) is 11.5. The molecular formula is C24H31ClN4O3S. The molecule has 3 heterocycles. The summed E-state index contributed by atoms with van der Waals surface area (Å²) >= 11 is 7.74. The number of urea groups is 1. The van der Waals surface area contributed by atoms with Gasteiger partial charge in [-0.1, -0.05) is 17.7 Å². The molecule has 3 N–H and O–H groups in total. The van der Waals surface area contributed by atoms with E-state index in [0.29, 0.717) is 49.1 Å². The number of likely N-dealkylation sites (tertiary alicyclic amines) is 2. The van der Waals surface area contributed by atoms with E-state index in [1.54, 1.807) is 22.3 Å². The molecule has 0 saturated carbocycles. The Bertz CT molecular complexity index is 947. The van der Waals surface area contributed by atoms with Crippen LogP contribution in [0.2, 0.25) is 5.02 Å². The fraction of sp³-hybridized carbons (Fsp3) is 0.500. The number of rotatable bonds is 6. The highest BCUT2D eigenvalue weighted by atomic mass is 35.5. The number of hydrogen-bond acceptors (Lipinski definition) is 5. The van der Waals surface area contributed by atoms with Gasteiger partial charge in [0.1, 0.15) is 5.75 Å². The molecule has 1 aromatic heterocycles. The number of carbonyl (C=O) groups excluding carboxylic acids is 2. The minimum Gasteiger partial charge on any atom is -0.506 e. The van der Waals surface area contributed by atoms with Crippen LogP contribution in [0, 0.1) is 11.8 Å². The quantitative estimate of drug-likeness (QED) is 0.524. The van der Waals surface area contributed by atoms with Crippen molar-refractivity contribution in [3.8, 4) is 5.75 Å². The highest BCUT2D eigenvalue weighted by Crippen LogP contribution is 2.28. The number of hydrogen-bond donors (Lipinski definition) is 3. The van der Waals surface area contributed by atoms with Gasteiger partial charge in [0.25, 0.3) is 0 Å². The maximum absolute atomic E-state index is 12.7. The van der Waals surface area contributed by atoms with Crippen molar-refractivity contribution in [2.45, 2.75) is 32.2 Å². The molecule has 2 saturated heterocycles. The number of aromatic hydroxyl groups is 1. The van der Waals surface area contributed by atoms with E-state index in [1.807, 2.05) is 0 Å². The van der Waals surface area contributed by atoms with Crippen molar-refractivity contribution in [3.05, 3.63) is 45.6 Å². The lowest BCUT2D eigenvalue weighted by atomic mass is 9.96. The van der Waals surface area contributed by atoms with Crippen molar-refractivity contribution in [1.29, 1.82) is 0 Å². The molecule has 0 spiro atoms. The summed E-state index contributed by atoms with van der Waals surface area (Å²) in [5, 5.41) is 18.3. The number of benzene rings is 1. The molecule has 0 bridgehead atoms. The van der Waals surface area contributed by atoms with Crippen LogP contribution in [-0.4, -0.2) is 59.6 Å². The Morgan fingerprint density at radius 1 is 1.15 bits per heavy atom. The third-order valence-corrected chi connectivity index (χ3v) is 7.57. The smallest absolute Gasteiger partial charge is 0.317 e. The van der Waals surface area contributed by atoms with Crippen LogP contribution in [-0.2, 0) is 11.3 Å². The number of phenolic OH excluding ortho intramolecular Hbond substituents is 1. The van der Waals surface area contributed by atoms with Crippen LogP contribution in [0.4, 0.5) is 10.5 Å². The molecule has 7 nitrogen and oxygen atoms in total. The molecule has 2 fully saturated rings. The Labute approximate surface area is 203 Å². The van der Waals surface area contributed by atoms with Crippen LogP contribution in [0.25, 0.3) is 0 Å². The van der Waals surface area contributed by atoms with Gasteiger partial charge in [-0.05, 0) is 67.8 Å². The number of amides is 3. The Morgan fingerprint density at radius 2 is 1.97 bits per heavy atom. The molecule has 0 unspecified atom stereocenters. The topological polar surface area (TPSA) is 84.9 Å². The molecular weight excluding hydrogens is 460 g/mol. The zero-order chi connectivity index (χ0) is 23.2. The average Bonchev–Trinajstić information content (AvgIpc) is 3.33. The highest BCUT2D eigenvalue weighted by Gasteiger charge is 2.28. The summed E-state index contributed by atoms with van der Waals surface area (Å²) in [7, 11) is 0. The van der Waals surface area contributed by atoms with Crippen LogP contribution < -0.4 is 10.6 Å². The summed E-state index contributed by atoms with van der Waals surface area (Å²) in [5.74, 6) is 0.106. The molecule has 33 heavy (non-hydrogen) atoms. The summed E-state index contributed by atoms with van der Waals surface area (Å²) in [5.41, 5.74) is 0.313. The lowest BCUT2D eigenvalue weighted by Gasteiger charge is -2.34. The number of thiophene rings is 1. The predicted octanol–water partition coefficient (Wildman–Crippen LogP) is 4.38. The van der Waals surface area contributed by atoms with E-state index in [0.717, 1.165) is 32.5 Å². The molecule has 2 aliphatic heterocycles. The summed E-state index contributed by atoms with van der Waals surface area (Å²) in [6.07, 6.45) is 3.49. The van der Waals surface area contributed by atoms with Gasteiger partial charge in [0.2, 0.25) is 5.91 Å². The summed E-state index contributed by atoms with van der Waals surface area (Å²) in [6.45, 7) is 4.89. The van der Waals surface area contributed by atoms with E-state index in [-0.39, 0.29) is 23.6 Å². The largest absolute Gasteiger partial charge is 0.506 e. The predicted molar refractivity (Wildman–Crippen MR) is 132 cm³/mol. The zero-order valence-corrected chi connectivity index (χ0v) is 20.2. The third kappa shape index (κ3) is 6.62. The molecule has 1 aromatic carbocycles. The van der Waals surface area contributed by atoms with Gasteiger partial charge in [0, 0.05) is 48.5 Å². The second-order valence-electron chi connectivity index (χ2n) is 8.92. The maximum atomic E-state index is 12.7. The van der Waals surface area contributed by atoms with Crippen molar-refractivity contribution in [2.75, 3.05) is 38.0 Å². The molecule has 3 amide bonds. The van der Waals surface area contributed by atoms with E-state index < -0.39 is 0 Å². The SMILES string of the molecule is O=C(Nc1cc(Cl)ccc1O)C1CCN(C(=O)NC[C@H]2CCCN(Cc3cccs3)C2)CC1. The second-order valence-corrected chi connectivity index (χ2v) is 10.4. The number of piperidine rings is 2. The van der Waals surface area contributed by atoms with Gasteiger partial charge >= 0.3 is 6.03 Å². The van der Waals surface area contributed by atoms with Crippen molar-refractivity contribution in [2.24, 2.45) is 11.8 Å². The molecule has 0 aliphatic carbocycles. The standard InChI is InChI=1S/C24H31ClN4O3S/c25-19-5-6-22(30)21(13-19)27-23(31)18-7-10-29(11-8-18)24(32)26-14-17-3-1-9-28(15-17)16-20-4-2-12-33-20/h2,4-6,12-13,17-18,30H,1,3,7-11,14-16H2,(H,26,32)(H,27,31)/t17-/m1/s1. The van der Waals surface area contributed by atoms with E-state index in [2.05, 4.69) is 33.0 Å². The Hall–Kier alpha value is -2.29. The summed E-state index contributed by atoms with van der Waals surface area (Å²) in [4.78, 5) is 30.9. The van der Waals surface area contributed by atoms with Gasteiger partial charge in [-0.25, -0.2) is 4.79 Å². The lowest BCUT2D eigenvalue weighted by Crippen LogP contribution is -2.48. The van der Waals surface area contributed by atoms with E-state index in [1.165, 1.54) is 17.0 Å². The Balaban J connectivity index is 1.18. The fourth-order valence-electron chi connectivity index (χ4n) is 4.62. The first-order valence-corrected chi connectivity index (χ1v) is 12.8. The number of nitrogens with one attached hydrogen (secondary N) is 2. The average molecular weight is 491 g/mol. The number of phenols is 1. The van der Waals surface area contributed by atoms with Crippen LogP contribution in [0.5, 0.6) is 5.75 Å². The number of halogens is 1. The minimum atomic E-state index is -0.198. The van der Waals surface area contributed by atoms with Crippen LogP contribution in [0.3, 0.4) is 0 Å². The molecule has 9 heteroatoms. The summed E-state index contributed by atoms with van der Waals surface area (Å²) in [6, 6.07) is 8.78. The Morgan fingerprint density at radius 3 is 2.73 bits per heavy atom. The van der Waals surface area contributed by atoms with Crippen molar-refractivity contribution in [1.82, 2.24) is 15.1 Å². The number of nitrogens with zero attached hydrogens (tertiary/aromatic N) is 2. The highest BCUT2D eigenvalue weighted by molar-refractivity contribution is 7.09. The fourth-order valence-corrected chi connectivity index (χ4v) is 5.53. The molecule has 2 aromatic rings. The summed E-state index contributed by atoms with van der Waals surface area (Å²) < 4.78 is 0. The van der Waals surface area contributed by atoms with E-state index in [9.17, 15) is 14.7 Å². The second kappa shape index (κ2) is 11.2. The first-order chi connectivity index (χ1) is 16.0. The monoisotopic (exact) mass is 490 g/mol.